The van der Waals surface area contributed by atoms with E-state index in [1.165, 1.54) is 6.42 Å². The number of nitrogens with zero attached hydrogens (tertiary/aromatic N) is 1. The van der Waals surface area contributed by atoms with Gasteiger partial charge in [0, 0.05) is 17.3 Å². The zero-order valence-electron chi connectivity index (χ0n) is 11.9. The van der Waals surface area contributed by atoms with Crippen molar-refractivity contribution in [2.45, 2.75) is 44.8 Å². The average molecular weight is 332 g/mol. The number of fused-ring (bicyclic) bond motifs is 2. The fourth-order valence-corrected chi connectivity index (χ4v) is 4.83. The Balaban J connectivity index is 1.69. The molecule has 1 saturated carbocycles. The third-order valence-corrected chi connectivity index (χ3v) is 5.82. The molecule has 0 aromatic carbocycles. The summed E-state index contributed by atoms with van der Waals surface area (Å²) in [5, 5.41) is 0.979. The standard InChI is InChI=1S/C14H22BrNO3/c1-12(2,3)19-11(17)16-5-4-14(9-16)13(8-15)6-10(13)7-18-14/h10H,4-9H2,1-3H3. The summed E-state index contributed by atoms with van der Waals surface area (Å²) >= 11 is 3.65. The molecule has 3 unspecified atom stereocenters. The van der Waals surface area contributed by atoms with Crippen molar-refractivity contribution in [2.75, 3.05) is 25.0 Å². The third-order valence-electron chi connectivity index (χ3n) is 4.82. The van der Waals surface area contributed by atoms with E-state index in [0.717, 1.165) is 24.9 Å². The van der Waals surface area contributed by atoms with Gasteiger partial charge in [-0.2, -0.15) is 0 Å². The molecule has 1 spiro atoms. The first-order chi connectivity index (χ1) is 8.82. The Hall–Kier alpha value is -0.290. The third kappa shape index (κ3) is 2.00. The van der Waals surface area contributed by atoms with E-state index in [1.807, 2.05) is 25.7 Å². The zero-order valence-corrected chi connectivity index (χ0v) is 13.5. The number of amides is 1. The lowest BCUT2D eigenvalue weighted by molar-refractivity contribution is -0.0414. The van der Waals surface area contributed by atoms with Crippen molar-refractivity contribution in [2.24, 2.45) is 11.3 Å². The van der Waals surface area contributed by atoms with Crippen LogP contribution in [0.3, 0.4) is 0 Å². The summed E-state index contributed by atoms with van der Waals surface area (Å²) in [6, 6.07) is 0. The predicted octanol–water partition coefficient (Wildman–Crippen LogP) is 2.80. The molecule has 0 radical (unpaired) electrons. The minimum atomic E-state index is -0.432. The quantitative estimate of drug-likeness (QED) is 0.693. The van der Waals surface area contributed by atoms with E-state index in [-0.39, 0.29) is 17.1 Å². The van der Waals surface area contributed by atoms with Gasteiger partial charge >= 0.3 is 6.09 Å². The molecule has 2 heterocycles. The molecule has 3 rings (SSSR count). The Morgan fingerprint density at radius 1 is 1.53 bits per heavy atom. The van der Waals surface area contributed by atoms with E-state index in [0.29, 0.717) is 12.5 Å². The number of carbonyl (C=O) groups excluding carboxylic acids is 1. The van der Waals surface area contributed by atoms with Gasteiger partial charge in [0.15, 0.2) is 0 Å². The SMILES string of the molecule is CC(C)(C)OC(=O)N1CCC2(C1)OCC1CC12CBr. The fraction of sp³-hybridized carbons (Fsp3) is 0.929. The first kappa shape index (κ1) is 13.7. The van der Waals surface area contributed by atoms with Crippen LogP contribution < -0.4 is 0 Å². The Kier molecular flexibility index (Phi) is 2.96. The van der Waals surface area contributed by atoms with Crippen LogP contribution in [0.5, 0.6) is 0 Å². The number of hydrogen-bond acceptors (Lipinski definition) is 3. The van der Waals surface area contributed by atoms with Crippen LogP contribution in [0.25, 0.3) is 0 Å². The maximum atomic E-state index is 12.2. The van der Waals surface area contributed by atoms with Crippen molar-refractivity contribution in [3.8, 4) is 0 Å². The van der Waals surface area contributed by atoms with Crippen LogP contribution in [0.1, 0.15) is 33.6 Å². The molecule has 1 amide bonds. The van der Waals surface area contributed by atoms with Crippen LogP contribution in [-0.2, 0) is 9.47 Å². The van der Waals surface area contributed by atoms with Crippen molar-refractivity contribution < 1.29 is 14.3 Å². The molecule has 5 heteroatoms. The van der Waals surface area contributed by atoms with E-state index >= 15 is 0 Å². The molecule has 3 aliphatic rings. The maximum Gasteiger partial charge on any atom is 0.410 e. The Morgan fingerprint density at radius 2 is 2.26 bits per heavy atom. The second kappa shape index (κ2) is 4.10. The van der Waals surface area contributed by atoms with Gasteiger partial charge in [0.05, 0.1) is 18.8 Å². The van der Waals surface area contributed by atoms with E-state index in [4.69, 9.17) is 9.47 Å². The van der Waals surface area contributed by atoms with Gasteiger partial charge in [0.1, 0.15) is 5.60 Å². The second-order valence-electron chi connectivity index (χ2n) is 7.15. The van der Waals surface area contributed by atoms with Crippen molar-refractivity contribution >= 4 is 22.0 Å². The molecule has 2 saturated heterocycles. The van der Waals surface area contributed by atoms with Crippen LogP contribution in [-0.4, -0.2) is 47.2 Å². The van der Waals surface area contributed by atoms with E-state index < -0.39 is 5.60 Å². The monoisotopic (exact) mass is 331 g/mol. The van der Waals surface area contributed by atoms with Gasteiger partial charge in [-0.3, -0.25) is 0 Å². The largest absolute Gasteiger partial charge is 0.444 e. The first-order valence-corrected chi connectivity index (χ1v) is 8.12. The van der Waals surface area contributed by atoms with Crippen LogP contribution >= 0.6 is 15.9 Å². The number of ether oxygens (including phenoxy) is 2. The van der Waals surface area contributed by atoms with Gasteiger partial charge in [-0.25, -0.2) is 4.79 Å². The maximum absolute atomic E-state index is 12.2. The highest BCUT2D eigenvalue weighted by atomic mass is 79.9. The van der Waals surface area contributed by atoms with Gasteiger partial charge < -0.3 is 14.4 Å². The molecule has 0 N–H and O–H groups in total. The smallest absolute Gasteiger partial charge is 0.410 e. The Labute approximate surface area is 122 Å². The average Bonchev–Trinajstić information content (AvgIpc) is 2.76. The predicted molar refractivity (Wildman–Crippen MR) is 75.4 cm³/mol. The molecular weight excluding hydrogens is 310 g/mol. The van der Waals surface area contributed by atoms with Crippen molar-refractivity contribution in [3.63, 3.8) is 0 Å². The van der Waals surface area contributed by atoms with Gasteiger partial charge in [-0.1, -0.05) is 15.9 Å². The second-order valence-corrected chi connectivity index (χ2v) is 7.71. The molecule has 108 valence electrons. The molecule has 3 atom stereocenters. The normalized spacial score (nSPS) is 40.6. The molecule has 0 aromatic heterocycles. The Morgan fingerprint density at radius 3 is 2.84 bits per heavy atom. The summed E-state index contributed by atoms with van der Waals surface area (Å²) < 4.78 is 11.5. The summed E-state index contributed by atoms with van der Waals surface area (Å²) in [6.07, 6.45) is 1.97. The van der Waals surface area contributed by atoms with Crippen LogP contribution in [0.15, 0.2) is 0 Å². The van der Waals surface area contributed by atoms with Gasteiger partial charge in [0.25, 0.3) is 0 Å². The van der Waals surface area contributed by atoms with Crippen molar-refractivity contribution in [3.05, 3.63) is 0 Å². The molecule has 3 fully saturated rings. The minimum Gasteiger partial charge on any atom is -0.444 e. The molecular formula is C14H22BrNO3. The lowest BCUT2D eigenvalue weighted by Crippen LogP contribution is -2.45. The van der Waals surface area contributed by atoms with Gasteiger partial charge in [-0.15, -0.1) is 0 Å². The molecule has 1 aliphatic carbocycles. The van der Waals surface area contributed by atoms with E-state index in [1.54, 1.807) is 0 Å². The summed E-state index contributed by atoms with van der Waals surface area (Å²) in [6.45, 7) is 7.99. The summed E-state index contributed by atoms with van der Waals surface area (Å²) in [4.78, 5) is 14.0. The minimum absolute atomic E-state index is 0.127. The molecule has 4 nitrogen and oxygen atoms in total. The molecule has 2 aliphatic heterocycles. The number of alkyl halides is 1. The molecule has 19 heavy (non-hydrogen) atoms. The lowest BCUT2D eigenvalue weighted by atomic mass is 9.84. The highest BCUT2D eigenvalue weighted by Crippen LogP contribution is 2.68. The fourth-order valence-electron chi connectivity index (χ4n) is 3.63. The number of hydrogen-bond donors (Lipinski definition) is 0. The number of rotatable bonds is 1. The zero-order chi connectivity index (χ0) is 13.9. The van der Waals surface area contributed by atoms with E-state index in [9.17, 15) is 4.79 Å². The molecule has 0 aromatic rings. The number of likely N-dealkylation sites (tertiary alicyclic amines) is 1. The Bertz CT molecular complexity index is 404. The highest BCUT2D eigenvalue weighted by Gasteiger charge is 2.72. The summed E-state index contributed by atoms with van der Waals surface area (Å²) in [5.74, 6) is 0.686. The number of halogens is 1. The van der Waals surface area contributed by atoms with Gasteiger partial charge in [0.2, 0.25) is 0 Å². The topological polar surface area (TPSA) is 38.8 Å². The van der Waals surface area contributed by atoms with E-state index in [2.05, 4.69) is 15.9 Å². The molecule has 0 bridgehead atoms. The van der Waals surface area contributed by atoms with Crippen molar-refractivity contribution in [1.29, 1.82) is 0 Å². The highest BCUT2D eigenvalue weighted by molar-refractivity contribution is 9.09. The van der Waals surface area contributed by atoms with Crippen LogP contribution in [0.2, 0.25) is 0 Å². The summed E-state index contributed by atoms with van der Waals surface area (Å²) in [7, 11) is 0. The number of carbonyl (C=O) groups is 1. The van der Waals surface area contributed by atoms with Crippen molar-refractivity contribution in [1.82, 2.24) is 4.90 Å². The lowest BCUT2D eigenvalue weighted by Gasteiger charge is -2.33. The first-order valence-electron chi connectivity index (χ1n) is 7.00. The van der Waals surface area contributed by atoms with Crippen LogP contribution in [0.4, 0.5) is 4.79 Å². The summed E-state index contributed by atoms with van der Waals surface area (Å²) in [5.41, 5.74) is -0.291. The van der Waals surface area contributed by atoms with Crippen LogP contribution in [0, 0.1) is 11.3 Å². The van der Waals surface area contributed by atoms with Gasteiger partial charge in [-0.05, 0) is 39.5 Å².